The predicted molar refractivity (Wildman–Crippen MR) is 88.8 cm³/mol. The van der Waals surface area contributed by atoms with Crippen molar-refractivity contribution in [2.24, 2.45) is 5.92 Å². The van der Waals surface area contributed by atoms with Gasteiger partial charge in [-0.25, -0.2) is 0 Å². The second kappa shape index (κ2) is 8.40. The zero-order valence-corrected chi connectivity index (χ0v) is 13.7. The van der Waals surface area contributed by atoms with E-state index in [1.54, 1.807) is 0 Å². The molecule has 1 aliphatic rings. The number of ether oxygens (including phenoxy) is 1. The van der Waals surface area contributed by atoms with Gasteiger partial charge in [-0.15, -0.1) is 0 Å². The number of nitrogens with one attached hydrogen (secondary N) is 1. The highest BCUT2D eigenvalue weighted by Crippen LogP contribution is 2.14. The molecule has 2 atom stereocenters. The molecular formula is C18H30N2O. The molecule has 1 aromatic rings. The number of piperazine rings is 1. The van der Waals surface area contributed by atoms with Gasteiger partial charge in [-0.05, 0) is 37.8 Å². The number of hydrogen-bond donors (Lipinski definition) is 1. The third kappa shape index (κ3) is 5.68. The van der Waals surface area contributed by atoms with Gasteiger partial charge in [-0.2, -0.15) is 0 Å². The van der Waals surface area contributed by atoms with Crippen LogP contribution in [-0.2, 0) is 0 Å². The van der Waals surface area contributed by atoms with Gasteiger partial charge in [0.05, 0.1) is 6.61 Å². The van der Waals surface area contributed by atoms with Crippen molar-refractivity contribution < 1.29 is 4.74 Å². The van der Waals surface area contributed by atoms with E-state index in [0.717, 1.165) is 37.8 Å². The summed E-state index contributed by atoms with van der Waals surface area (Å²) in [6.07, 6.45) is 2.36. The fraction of sp³-hybridized carbons (Fsp3) is 0.667. The van der Waals surface area contributed by atoms with Gasteiger partial charge >= 0.3 is 0 Å². The standard InChI is InChI=1S/C18H30N2O/c1-15(2)12-17-14-20(16(3)13-19-17)10-7-11-21-18-8-5-4-6-9-18/h4-6,8-9,15-17,19H,7,10-14H2,1-3H3. The summed E-state index contributed by atoms with van der Waals surface area (Å²) in [7, 11) is 0. The molecule has 21 heavy (non-hydrogen) atoms. The van der Waals surface area contributed by atoms with Crippen molar-refractivity contribution in [1.82, 2.24) is 10.2 Å². The smallest absolute Gasteiger partial charge is 0.119 e. The van der Waals surface area contributed by atoms with E-state index in [4.69, 9.17) is 4.74 Å². The maximum absolute atomic E-state index is 5.78. The molecular weight excluding hydrogens is 260 g/mol. The van der Waals surface area contributed by atoms with E-state index in [1.165, 1.54) is 13.0 Å². The molecule has 1 N–H and O–H groups in total. The fourth-order valence-corrected chi connectivity index (χ4v) is 3.01. The molecule has 1 fully saturated rings. The molecule has 1 heterocycles. The fourth-order valence-electron chi connectivity index (χ4n) is 3.01. The average Bonchev–Trinajstić information content (AvgIpc) is 2.47. The first kappa shape index (κ1) is 16.3. The Kier molecular flexibility index (Phi) is 6.52. The summed E-state index contributed by atoms with van der Waals surface area (Å²) in [5.74, 6) is 1.74. The van der Waals surface area contributed by atoms with Crippen molar-refractivity contribution in [3.05, 3.63) is 30.3 Å². The molecule has 118 valence electrons. The van der Waals surface area contributed by atoms with E-state index in [0.29, 0.717) is 12.1 Å². The van der Waals surface area contributed by atoms with Crippen LogP contribution >= 0.6 is 0 Å². The van der Waals surface area contributed by atoms with Gasteiger partial charge in [0.15, 0.2) is 0 Å². The van der Waals surface area contributed by atoms with E-state index in [9.17, 15) is 0 Å². The summed E-state index contributed by atoms with van der Waals surface area (Å²) in [5, 5.41) is 3.67. The van der Waals surface area contributed by atoms with Gasteiger partial charge in [0.1, 0.15) is 5.75 Å². The van der Waals surface area contributed by atoms with Gasteiger partial charge in [-0.3, -0.25) is 4.90 Å². The lowest BCUT2D eigenvalue weighted by Crippen LogP contribution is -2.55. The first-order valence-electron chi connectivity index (χ1n) is 8.30. The summed E-state index contributed by atoms with van der Waals surface area (Å²) in [6, 6.07) is 11.4. The lowest BCUT2D eigenvalue weighted by molar-refractivity contribution is 0.123. The number of benzene rings is 1. The Balaban J connectivity index is 1.68. The first-order chi connectivity index (χ1) is 10.1. The van der Waals surface area contributed by atoms with Gasteiger partial charge in [-0.1, -0.05) is 32.0 Å². The summed E-state index contributed by atoms with van der Waals surface area (Å²) in [5.41, 5.74) is 0. The van der Waals surface area contributed by atoms with Gasteiger partial charge in [0, 0.05) is 31.7 Å². The largest absolute Gasteiger partial charge is 0.494 e. The minimum atomic E-state index is 0.630. The van der Waals surface area contributed by atoms with Crippen molar-refractivity contribution in [3.8, 4) is 5.75 Å². The number of para-hydroxylation sites is 1. The Morgan fingerprint density at radius 3 is 2.76 bits per heavy atom. The minimum Gasteiger partial charge on any atom is -0.494 e. The van der Waals surface area contributed by atoms with Gasteiger partial charge in [0.25, 0.3) is 0 Å². The van der Waals surface area contributed by atoms with Crippen molar-refractivity contribution in [1.29, 1.82) is 0 Å². The lowest BCUT2D eigenvalue weighted by Gasteiger charge is -2.39. The van der Waals surface area contributed by atoms with E-state index in [-0.39, 0.29) is 0 Å². The summed E-state index contributed by atoms with van der Waals surface area (Å²) in [4.78, 5) is 2.61. The number of hydrogen-bond acceptors (Lipinski definition) is 3. The van der Waals surface area contributed by atoms with Crippen LogP contribution in [0.1, 0.15) is 33.6 Å². The molecule has 2 rings (SSSR count). The van der Waals surface area contributed by atoms with E-state index in [1.807, 2.05) is 30.3 Å². The van der Waals surface area contributed by atoms with E-state index < -0.39 is 0 Å². The Morgan fingerprint density at radius 2 is 2.05 bits per heavy atom. The highest BCUT2D eigenvalue weighted by molar-refractivity contribution is 5.20. The van der Waals surface area contributed by atoms with Crippen LogP contribution in [0.4, 0.5) is 0 Å². The van der Waals surface area contributed by atoms with Crippen LogP contribution in [-0.4, -0.2) is 43.2 Å². The molecule has 0 radical (unpaired) electrons. The summed E-state index contributed by atoms with van der Waals surface area (Å²) < 4.78 is 5.78. The van der Waals surface area contributed by atoms with Crippen LogP contribution in [0.3, 0.4) is 0 Å². The first-order valence-corrected chi connectivity index (χ1v) is 8.30. The highest BCUT2D eigenvalue weighted by Gasteiger charge is 2.24. The molecule has 1 saturated heterocycles. The molecule has 1 aromatic carbocycles. The molecule has 0 bridgehead atoms. The monoisotopic (exact) mass is 290 g/mol. The maximum Gasteiger partial charge on any atom is 0.119 e. The quantitative estimate of drug-likeness (QED) is 0.781. The van der Waals surface area contributed by atoms with Crippen LogP contribution in [0, 0.1) is 5.92 Å². The number of rotatable bonds is 7. The molecule has 3 nitrogen and oxygen atoms in total. The van der Waals surface area contributed by atoms with Crippen molar-refractivity contribution in [2.45, 2.75) is 45.7 Å². The van der Waals surface area contributed by atoms with Crippen LogP contribution in [0.15, 0.2) is 30.3 Å². The molecule has 2 unspecified atom stereocenters. The second-order valence-electron chi connectivity index (χ2n) is 6.59. The molecule has 1 aliphatic heterocycles. The van der Waals surface area contributed by atoms with Crippen molar-refractivity contribution >= 4 is 0 Å². The topological polar surface area (TPSA) is 24.5 Å². The Bertz CT molecular complexity index is 393. The third-order valence-corrected chi connectivity index (χ3v) is 4.14. The Labute approximate surface area is 129 Å². The summed E-state index contributed by atoms with van der Waals surface area (Å²) >= 11 is 0. The third-order valence-electron chi connectivity index (χ3n) is 4.14. The maximum atomic E-state index is 5.78. The van der Waals surface area contributed by atoms with E-state index in [2.05, 4.69) is 31.0 Å². The summed E-state index contributed by atoms with van der Waals surface area (Å²) in [6.45, 7) is 11.1. The Hall–Kier alpha value is -1.06. The van der Waals surface area contributed by atoms with Crippen molar-refractivity contribution in [3.63, 3.8) is 0 Å². The number of nitrogens with zero attached hydrogens (tertiary/aromatic N) is 1. The van der Waals surface area contributed by atoms with Crippen LogP contribution in [0.5, 0.6) is 5.75 Å². The minimum absolute atomic E-state index is 0.630. The van der Waals surface area contributed by atoms with Crippen LogP contribution in [0.2, 0.25) is 0 Å². The van der Waals surface area contributed by atoms with Crippen LogP contribution < -0.4 is 10.1 Å². The molecule has 3 heteroatoms. The zero-order valence-electron chi connectivity index (χ0n) is 13.7. The molecule has 0 aliphatic carbocycles. The lowest BCUT2D eigenvalue weighted by atomic mass is 10.00. The van der Waals surface area contributed by atoms with Gasteiger partial charge < -0.3 is 10.1 Å². The SMILES string of the molecule is CC(C)CC1CN(CCCOc2ccccc2)C(C)CN1. The zero-order chi connectivity index (χ0) is 15.1. The van der Waals surface area contributed by atoms with Crippen molar-refractivity contribution in [2.75, 3.05) is 26.2 Å². The predicted octanol–water partition coefficient (Wildman–Crippen LogP) is 3.16. The normalized spacial score (nSPS) is 23.4. The molecule has 0 spiro atoms. The molecule has 0 aromatic heterocycles. The second-order valence-corrected chi connectivity index (χ2v) is 6.59. The van der Waals surface area contributed by atoms with Gasteiger partial charge in [0.2, 0.25) is 0 Å². The average molecular weight is 290 g/mol. The van der Waals surface area contributed by atoms with E-state index >= 15 is 0 Å². The van der Waals surface area contributed by atoms with Crippen LogP contribution in [0.25, 0.3) is 0 Å². The molecule has 0 saturated carbocycles. The molecule has 0 amide bonds. The highest BCUT2D eigenvalue weighted by atomic mass is 16.5. The Morgan fingerprint density at radius 1 is 1.29 bits per heavy atom.